The van der Waals surface area contributed by atoms with E-state index in [1.807, 2.05) is 41.5 Å². The minimum atomic E-state index is -0.537. The van der Waals surface area contributed by atoms with Crippen LogP contribution in [0.15, 0.2) is 0 Å². The van der Waals surface area contributed by atoms with E-state index in [-0.39, 0.29) is 0 Å². The average Bonchev–Trinajstić information content (AvgIpc) is 2.32. The first-order valence-electron chi connectivity index (χ1n) is 7.30. The molecule has 1 rings (SSSR count). The molecule has 0 aliphatic heterocycles. The number of hydrogen-bond acceptors (Lipinski definition) is 4. The van der Waals surface area contributed by atoms with Crippen LogP contribution < -0.4 is 0 Å². The number of nitrogens with zero attached hydrogens (tertiary/aromatic N) is 4. The fraction of sp³-hybridized carbons (Fsp3) is 0.625. The zero-order chi connectivity index (χ0) is 17.3. The summed E-state index contributed by atoms with van der Waals surface area (Å²) in [6.45, 7) is 14.5. The normalized spacial score (nSPS) is 14.4. The lowest BCUT2D eigenvalue weighted by Crippen LogP contribution is -2.30. The Morgan fingerprint density at radius 3 is 1.23 bits per heavy atom. The van der Waals surface area contributed by atoms with Gasteiger partial charge in [0.1, 0.15) is 11.4 Å². The zero-order valence-corrected chi connectivity index (χ0v) is 14.8. The molecule has 1 aromatic rings. The van der Waals surface area contributed by atoms with Crippen LogP contribution in [-0.4, -0.2) is 43.0 Å². The van der Waals surface area contributed by atoms with Crippen molar-refractivity contribution in [2.24, 2.45) is 0 Å². The predicted octanol–water partition coefficient (Wildman–Crippen LogP) is 2.55. The van der Waals surface area contributed by atoms with Gasteiger partial charge in [-0.15, -0.1) is 0 Å². The standard InChI is InChI=1S/C16H26N4O2/c1-11-13(9-19(21)15(3,4)5)18-12(2)14(17-11)10-20(22)16(6,7)8/h9-10H,1-8H3/b19-9+,20-10+. The van der Waals surface area contributed by atoms with E-state index in [0.29, 0.717) is 22.8 Å². The molecule has 0 atom stereocenters. The van der Waals surface area contributed by atoms with Gasteiger partial charge < -0.3 is 10.4 Å². The highest BCUT2D eigenvalue weighted by Gasteiger charge is 2.21. The highest BCUT2D eigenvalue weighted by molar-refractivity contribution is 5.78. The van der Waals surface area contributed by atoms with Gasteiger partial charge >= 0.3 is 0 Å². The number of hydrogen-bond donors (Lipinski definition) is 0. The molecule has 0 spiro atoms. The summed E-state index contributed by atoms with van der Waals surface area (Å²) in [6, 6.07) is 0. The lowest BCUT2D eigenvalue weighted by molar-refractivity contribution is -0.531. The molecule has 1 heterocycles. The van der Waals surface area contributed by atoms with Gasteiger partial charge in [-0.05, 0) is 13.8 Å². The molecule has 0 aliphatic rings. The summed E-state index contributed by atoms with van der Waals surface area (Å²) in [5.41, 5.74) is 1.20. The molecule has 0 saturated heterocycles. The maximum atomic E-state index is 12.0. The van der Waals surface area contributed by atoms with E-state index in [4.69, 9.17) is 0 Å². The monoisotopic (exact) mass is 306 g/mol. The van der Waals surface area contributed by atoms with E-state index in [0.717, 1.165) is 9.48 Å². The van der Waals surface area contributed by atoms with Crippen LogP contribution in [0.1, 0.15) is 64.3 Å². The minimum absolute atomic E-state index is 0.521. The first-order chi connectivity index (χ1) is 9.82. The zero-order valence-electron chi connectivity index (χ0n) is 14.8. The molecule has 0 radical (unpaired) electrons. The topological polar surface area (TPSA) is 77.9 Å². The molecular formula is C16H26N4O2. The molecule has 0 aliphatic carbocycles. The number of aromatic nitrogens is 2. The van der Waals surface area contributed by atoms with Crippen LogP contribution in [0.5, 0.6) is 0 Å². The van der Waals surface area contributed by atoms with Crippen molar-refractivity contribution in [2.45, 2.75) is 66.5 Å². The molecular weight excluding hydrogens is 280 g/mol. The van der Waals surface area contributed by atoms with E-state index < -0.39 is 11.1 Å². The summed E-state index contributed by atoms with van der Waals surface area (Å²) in [5.74, 6) is 0. The third-order valence-corrected chi connectivity index (χ3v) is 3.12. The van der Waals surface area contributed by atoms with Crippen LogP contribution in [0.2, 0.25) is 0 Å². The van der Waals surface area contributed by atoms with Gasteiger partial charge in [0, 0.05) is 41.5 Å². The number of hydroxylamine groups is 2. The van der Waals surface area contributed by atoms with Gasteiger partial charge in [-0.2, -0.15) is 0 Å². The van der Waals surface area contributed by atoms with Crippen molar-refractivity contribution in [3.8, 4) is 0 Å². The maximum absolute atomic E-state index is 12.0. The second kappa shape index (κ2) is 6.02. The molecule has 22 heavy (non-hydrogen) atoms. The molecule has 0 amide bonds. The molecule has 6 heteroatoms. The van der Waals surface area contributed by atoms with Gasteiger partial charge in [-0.25, -0.2) is 19.4 Å². The highest BCUT2D eigenvalue weighted by Crippen LogP contribution is 2.10. The Bertz CT molecular complexity index is 565. The second-order valence-electron chi connectivity index (χ2n) is 7.42. The average molecular weight is 306 g/mol. The molecule has 1 aromatic heterocycles. The second-order valence-corrected chi connectivity index (χ2v) is 7.42. The highest BCUT2D eigenvalue weighted by atomic mass is 16.5. The summed E-state index contributed by atoms with van der Waals surface area (Å²) in [5, 5.41) is 24.0. The molecule has 0 fully saturated rings. The van der Waals surface area contributed by atoms with Gasteiger partial charge in [-0.3, -0.25) is 0 Å². The van der Waals surface area contributed by atoms with Crippen LogP contribution >= 0.6 is 0 Å². The molecule has 0 unspecified atom stereocenters. The van der Waals surface area contributed by atoms with E-state index in [1.54, 1.807) is 13.8 Å². The Hall–Kier alpha value is -1.98. The van der Waals surface area contributed by atoms with E-state index in [9.17, 15) is 10.4 Å². The van der Waals surface area contributed by atoms with E-state index >= 15 is 0 Å². The van der Waals surface area contributed by atoms with Crippen LogP contribution in [0.25, 0.3) is 0 Å². The van der Waals surface area contributed by atoms with Gasteiger partial charge in [0.2, 0.25) is 12.4 Å². The molecule has 0 N–H and O–H groups in total. The molecule has 0 saturated carbocycles. The molecule has 0 bridgehead atoms. The fourth-order valence-corrected chi connectivity index (χ4v) is 1.49. The van der Waals surface area contributed by atoms with Crippen molar-refractivity contribution in [2.75, 3.05) is 0 Å². The van der Waals surface area contributed by atoms with Gasteiger partial charge in [0.05, 0.1) is 11.4 Å². The van der Waals surface area contributed by atoms with Crippen molar-refractivity contribution in [1.82, 2.24) is 9.97 Å². The lowest BCUT2D eigenvalue weighted by Gasteiger charge is -2.19. The van der Waals surface area contributed by atoms with Crippen molar-refractivity contribution < 1.29 is 9.48 Å². The molecule has 122 valence electrons. The lowest BCUT2D eigenvalue weighted by atomic mass is 10.1. The van der Waals surface area contributed by atoms with E-state index in [2.05, 4.69) is 9.97 Å². The number of rotatable bonds is 2. The summed E-state index contributed by atoms with van der Waals surface area (Å²) in [6.07, 6.45) is 2.88. The number of aryl methyl sites for hydroxylation is 2. The third kappa shape index (κ3) is 4.51. The van der Waals surface area contributed by atoms with Crippen LogP contribution in [0.4, 0.5) is 0 Å². The SMILES string of the molecule is Cc1nc(/C=[N+](/[O-])C(C)(C)C)c(C)nc1/C=[N+](/[O-])C(C)(C)C. The summed E-state index contributed by atoms with van der Waals surface area (Å²) in [4.78, 5) is 8.81. The third-order valence-electron chi connectivity index (χ3n) is 3.12. The van der Waals surface area contributed by atoms with Gasteiger partial charge in [0.25, 0.3) is 0 Å². The van der Waals surface area contributed by atoms with Crippen molar-refractivity contribution in [1.29, 1.82) is 0 Å². The molecule has 0 aromatic carbocycles. The van der Waals surface area contributed by atoms with E-state index in [1.165, 1.54) is 12.4 Å². The van der Waals surface area contributed by atoms with Crippen molar-refractivity contribution >= 4 is 12.4 Å². The Balaban J connectivity index is 3.30. The van der Waals surface area contributed by atoms with Gasteiger partial charge in [0.15, 0.2) is 11.1 Å². The minimum Gasteiger partial charge on any atom is -0.623 e. The fourth-order valence-electron chi connectivity index (χ4n) is 1.49. The summed E-state index contributed by atoms with van der Waals surface area (Å²) < 4.78 is 1.73. The Morgan fingerprint density at radius 2 is 1.00 bits per heavy atom. The van der Waals surface area contributed by atoms with Crippen molar-refractivity contribution in [3.05, 3.63) is 33.2 Å². The Labute approximate surface area is 132 Å². The van der Waals surface area contributed by atoms with Crippen molar-refractivity contribution in [3.63, 3.8) is 0 Å². The van der Waals surface area contributed by atoms with Gasteiger partial charge in [-0.1, -0.05) is 0 Å². The largest absolute Gasteiger partial charge is 0.623 e. The van der Waals surface area contributed by atoms with Crippen LogP contribution in [0.3, 0.4) is 0 Å². The van der Waals surface area contributed by atoms with Crippen LogP contribution in [-0.2, 0) is 0 Å². The first-order valence-corrected chi connectivity index (χ1v) is 7.30. The first kappa shape index (κ1) is 18.1. The Kier molecular flexibility index (Phi) is 4.95. The quantitative estimate of drug-likeness (QED) is 0.364. The smallest absolute Gasteiger partial charge is 0.202 e. The molecule has 6 nitrogen and oxygen atoms in total. The summed E-state index contributed by atoms with van der Waals surface area (Å²) in [7, 11) is 0. The van der Waals surface area contributed by atoms with Crippen LogP contribution in [0, 0.1) is 24.3 Å². The summed E-state index contributed by atoms with van der Waals surface area (Å²) >= 11 is 0. The Morgan fingerprint density at radius 1 is 0.727 bits per heavy atom. The predicted molar refractivity (Wildman–Crippen MR) is 88.6 cm³/mol. The maximum Gasteiger partial charge on any atom is 0.202 e.